The Morgan fingerprint density at radius 3 is 2.48 bits per heavy atom. The molecule has 6 nitrogen and oxygen atoms in total. The fraction of sp³-hybridized carbons (Fsp3) is 0.227. The van der Waals surface area contributed by atoms with Gasteiger partial charge >= 0.3 is 6.18 Å². The summed E-state index contributed by atoms with van der Waals surface area (Å²) in [5, 5.41) is 2.63. The largest absolute Gasteiger partial charge is 0.472 e. The second kappa shape index (κ2) is 10.0. The topological polar surface area (TPSA) is 73.3 Å². The zero-order valence-electron chi connectivity index (χ0n) is 16.6. The van der Waals surface area contributed by atoms with E-state index in [0.29, 0.717) is 6.61 Å². The summed E-state index contributed by atoms with van der Waals surface area (Å²) >= 11 is 0. The Morgan fingerprint density at radius 2 is 1.84 bits per heavy atom. The van der Waals surface area contributed by atoms with Crippen LogP contribution in [0.1, 0.15) is 33.2 Å². The number of nitrogens with one attached hydrogen (secondary N) is 1. The first-order valence-corrected chi connectivity index (χ1v) is 9.32. The van der Waals surface area contributed by atoms with E-state index in [-0.39, 0.29) is 23.7 Å². The third-order valence-electron chi connectivity index (χ3n) is 4.35. The monoisotopic (exact) mass is 431 g/mol. The fourth-order valence-electron chi connectivity index (χ4n) is 2.79. The minimum atomic E-state index is -4.49. The SMILES string of the molecule is COCC(NC(=O)c1cnc(OCc2ccccc2)cn1)c1cccc(C(F)(F)F)c1. The summed E-state index contributed by atoms with van der Waals surface area (Å²) in [5.41, 5.74) is 0.413. The van der Waals surface area contributed by atoms with Crippen LogP contribution in [0.5, 0.6) is 5.88 Å². The molecule has 1 aromatic heterocycles. The maximum Gasteiger partial charge on any atom is 0.416 e. The predicted molar refractivity (Wildman–Crippen MR) is 106 cm³/mol. The van der Waals surface area contributed by atoms with E-state index in [2.05, 4.69) is 15.3 Å². The second-order valence-electron chi connectivity index (χ2n) is 6.62. The number of amides is 1. The van der Waals surface area contributed by atoms with E-state index in [1.165, 1.54) is 31.6 Å². The Balaban J connectivity index is 1.67. The normalized spacial score (nSPS) is 12.3. The molecule has 1 heterocycles. The summed E-state index contributed by atoms with van der Waals surface area (Å²) < 4.78 is 49.6. The maximum atomic E-state index is 13.0. The minimum Gasteiger partial charge on any atom is -0.472 e. The highest BCUT2D eigenvalue weighted by Crippen LogP contribution is 2.30. The van der Waals surface area contributed by atoms with Crippen LogP contribution >= 0.6 is 0 Å². The van der Waals surface area contributed by atoms with Gasteiger partial charge in [-0.15, -0.1) is 0 Å². The molecule has 2 aromatic carbocycles. The molecular weight excluding hydrogens is 411 g/mol. The lowest BCUT2D eigenvalue weighted by atomic mass is 10.0. The molecule has 162 valence electrons. The van der Waals surface area contributed by atoms with Gasteiger partial charge in [0.1, 0.15) is 12.3 Å². The smallest absolute Gasteiger partial charge is 0.416 e. The molecule has 3 aromatic rings. The van der Waals surface area contributed by atoms with Crippen LogP contribution in [0, 0.1) is 0 Å². The highest BCUT2D eigenvalue weighted by atomic mass is 19.4. The molecule has 0 aliphatic carbocycles. The lowest BCUT2D eigenvalue weighted by Crippen LogP contribution is -2.32. The van der Waals surface area contributed by atoms with Gasteiger partial charge in [0.25, 0.3) is 5.91 Å². The third-order valence-corrected chi connectivity index (χ3v) is 4.35. The van der Waals surface area contributed by atoms with Crippen LogP contribution in [0.2, 0.25) is 0 Å². The molecule has 0 fully saturated rings. The number of alkyl halides is 3. The Morgan fingerprint density at radius 1 is 1.06 bits per heavy atom. The van der Waals surface area contributed by atoms with E-state index in [1.807, 2.05) is 30.3 Å². The Hall–Kier alpha value is -3.46. The quantitative estimate of drug-likeness (QED) is 0.579. The van der Waals surface area contributed by atoms with Crippen LogP contribution in [-0.4, -0.2) is 29.6 Å². The number of aromatic nitrogens is 2. The number of ether oxygens (including phenoxy) is 2. The van der Waals surface area contributed by atoms with Gasteiger partial charge in [-0.05, 0) is 23.3 Å². The van der Waals surface area contributed by atoms with Crippen molar-refractivity contribution in [2.45, 2.75) is 18.8 Å². The Bertz CT molecular complexity index is 996. The first kappa shape index (κ1) is 22.2. The highest BCUT2D eigenvalue weighted by Gasteiger charge is 2.31. The van der Waals surface area contributed by atoms with E-state index in [0.717, 1.165) is 17.7 Å². The van der Waals surface area contributed by atoms with Crippen molar-refractivity contribution >= 4 is 5.91 Å². The molecule has 0 saturated heterocycles. The highest BCUT2D eigenvalue weighted by molar-refractivity contribution is 5.92. The van der Waals surface area contributed by atoms with Crippen molar-refractivity contribution in [3.8, 4) is 5.88 Å². The number of carbonyl (C=O) groups excluding carboxylic acids is 1. The Labute approximate surface area is 177 Å². The molecule has 9 heteroatoms. The zero-order chi connectivity index (χ0) is 22.3. The number of carbonyl (C=O) groups is 1. The Kier molecular flexibility index (Phi) is 7.19. The van der Waals surface area contributed by atoms with Crippen LogP contribution in [-0.2, 0) is 17.5 Å². The number of rotatable bonds is 8. The van der Waals surface area contributed by atoms with E-state index in [9.17, 15) is 18.0 Å². The second-order valence-corrected chi connectivity index (χ2v) is 6.62. The van der Waals surface area contributed by atoms with Crippen molar-refractivity contribution in [1.82, 2.24) is 15.3 Å². The molecule has 0 aliphatic heterocycles. The molecular formula is C22H20F3N3O3. The average Bonchev–Trinajstić information content (AvgIpc) is 2.78. The number of methoxy groups -OCH3 is 1. The molecule has 31 heavy (non-hydrogen) atoms. The van der Waals surface area contributed by atoms with Gasteiger partial charge in [-0.25, -0.2) is 9.97 Å². The van der Waals surface area contributed by atoms with Gasteiger partial charge in [0.2, 0.25) is 5.88 Å². The van der Waals surface area contributed by atoms with E-state index in [1.54, 1.807) is 0 Å². The van der Waals surface area contributed by atoms with Crippen molar-refractivity contribution in [1.29, 1.82) is 0 Å². The number of hydrogen-bond acceptors (Lipinski definition) is 5. The van der Waals surface area contributed by atoms with Crippen molar-refractivity contribution in [3.63, 3.8) is 0 Å². The summed E-state index contributed by atoms with van der Waals surface area (Å²) in [6.45, 7) is 0.283. The maximum absolute atomic E-state index is 13.0. The average molecular weight is 431 g/mol. The molecule has 0 radical (unpaired) electrons. The third kappa shape index (κ3) is 6.26. The standard InChI is InChI=1S/C22H20F3N3O3/c1-30-14-19(16-8-5-9-17(10-16)22(23,24)25)28-21(29)18-11-27-20(12-26-18)31-13-15-6-3-2-4-7-15/h2-12,19H,13-14H2,1H3,(H,28,29). The van der Waals surface area contributed by atoms with Gasteiger partial charge in [0.05, 0.1) is 30.6 Å². The van der Waals surface area contributed by atoms with E-state index < -0.39 is 23.7 Å². The van der Waals surface area contributed by atoms with Gasteiger partial charge in [0, 0.05) is 7.11 Å². The van der Waals surface area contributed by atoms with Gasteiger partial charge in [-0.1, -0.05) is 42.5 Å². The summed E-state index contributed by atoms with van der Waals surface area (Å²) in [6.07, 6.45) is -1.93. The lowest BCUT2D eigenvalue weighted by molar-refractivity contribution is -0.137. The van der Waals surface area contributed by atoms with Gasteiger partial charge in [0.15, 0.2) is 0 Å². The number of nitrogens with zero attached hydrogens (tertiary/aromatic N) is 2. The molecule has 0 bridgehead atoms. The summed E-state index contributed by atoms with van der Waals surface area (Å²) in [4.78, 5) is 20.6. The van der Waals surface area contributed by atoms with Crippen LogP contribution in [0.3, 0.4) is 0 Å². The number of benzene rings is 2. The predicted octanol–water partition coefficient (Wildman–Crippen LogP) is 4.19. The molecule has 0 spiro atoms. The van der Waals surface area contributed by atoms with Crippen LogP contribution < -0.4 is 10.1 Å². The lowest BCUT2D eigenvalue weighted by Gasteiger charge is -2.19. The fourth-order valence-corrected chi connectivity index (χ4v) is 2.79. The molecule has 1 N–H and O–H groups in total. The van der Waals surface area contributed by atoms with Gasteiger partial charge in [-0.3, -0.25) is 4.79 Å². The summed E-state index contributed by atoms with van der Waals surface area (Å²) in [5.74, 6) is -0.353. The van der Waals surface area contributed by atoms with Crippen LogP contribution in [0.25, 0.3) is 0 Å². The molecule has 1 atom stereocenters. The van der Waals surface area contributed by atoms with E-state index >= 15 is 0 Å². The van der Waals surface area contributed by atoms with Crippen LogP contribution in [0.15, 0.2) is 67.0 Å². The molecule has 0 aliphatic rings. The molecule has 1 amide bonds. The van der Waals surface area contributed by atoms with Crippen molar-refractivity contribution < 1.29 is 27.4 Å². The molecule has 1 unspecified atom stereocenters. The first-order valence-electron chi connectivity index (χ1n) is 9.32. The summed E-state index contributed by atoms with van der Waals surface area (Å²) in [7, 11) is 1.39. The van der Waals surface area contributed by atoms with Gasteiger partial charge in [-0.2, -0.15) is 13.2 Å². The zero-order valence-corrected chi connectivity index (χ0v) is 16.6. The number of hydrogen-bond donors (Lipinski definition) is 1. The minimum absolute atomic E-state index is 0.000130. The molecule has 0 saturated carbocycles. The first-order chi connectivity index (χ1) is 14.9. The van der Waals surface area contributed by atoms with Crippen molar-refractivity contribution in [2.24, 2.45) is 0 Å². The van der Waals surface area contributed by atoms with Crippen molar-refractivity contribution in [3.05, 3.63) is 89.4 Å². The van der Waals surface area contributed by atoms with Crippen LogP contribution in [0.4, 0.5) is 13.2 Å². The molecule has 3 rings (SSSR count). The van der Waals surface area contributed by atoms with E-state index in [4.69, 9.17) is 9.47 Å². The number of halogens is 3. The van der Waals surface area contributed by atoms with Crippen molar-refractivity contribution in [2.75, 3.05) is 13.7 Å². The van der Waals surface area contributed by atoms with Gasteiger partial charge < -0.3 is 14.8 Å². The summed E-state index contributed by atoms with van der Waals surface area (Å²) in [6, 6.07) is 13.4.